The maximum atomic E-state index is 13.2. The summed E-state index contributed by atoms with van der Waals surface area (Å²) in [5, 5.41) is 3.55. The molecule has 2 saturated heterocycles. The molecular formula is C14H18ClF3N2. The predicted molar refractivity (Wildman–Crippen MR) is 73.4 cm³/mol. The van der Waals surface area contributed by atoms with Crippen LogP contribution in [-0.2, 0) is 6.54 Å². The molecule has 1 aromatic carbocycles. The maximum Gasteiger partial charge on any atom is 0.194 e. The van der Waals surface area contributed by atoms with Crippen molar-refractivity contribution in [2.45, 2.75) is 37.9 Å². The van der Waals surface area contributed by atoms with Crippen molar-refractivity contribution in [3.05, 3.63) is 35.1 Å². The van der Waals surface area contributed by atoms with E-state index in [-0.39, 0.29) is 12.4 Å². The van der Waals surface area contributed by atoms with Gasteiger partial charge in [-0.1, -0.05) is 0 Å². The Bertz CT molecular complexity index is 460. The third-order valence-electron chi connectivity index (χ3n) is 4.06. The zero-order valence-electron chi connectivity index (χ0n) is 11.0. The number of halogens is 4. The van der Waals surface area contributed by atoms with Crippen molar-refractivity contribution in [1.82, 2.24) is 10.2 Å². The molecule has 1 N–H and O–H groups in total. The van der Waals surface area contributed by atoms with Crippen LogP contribution in [-0.4, -0.2) is 30.1 Å². The number of nitrogens with one attached hydrogen (secondary N) is 1. The molecule has 2 unspecified atom stereocenters. The van der Waals surface area contributed by atoms with Gasteiger partial charge in [-0.15, -0.1) is 12.4 Å². The van der Waals surface area contributed by atoms with Gasteiger partial charge in [0, 0.05) is 31.7 Å². The Hall–Kier alpha value is -0.780. The smallest absolute Gasteiger partial charge is 0.194 e. The minimum atomic E-state index is -1.39. The molecule has 1 aromatic rings. The van der Waals surface area contributed by atoms with Gasteiger partial charge in [0.25, 0.3) is 0 Å². The quantitative estimate of drug-likeness (QED) is 0.845. The molecule has 0 aromatic heterocycles. The predicted octanol–water partition coefficient (Wildman–Crippen LogP) is 2.85. The first-order valence-corrected chi connectivity index (χ1v) is 6.73. The van der Waals surface area contributed by atoms with Crippen molar-refractivity contribution in [2.75, 3.05) is 13.1 Å². The molecule has 112 valence electrons. The Labute approximate surface area is 122 Å². The van der Waals surface area contributed by atoms with Gasteiger partial charge in [0.15, 0.2) is 17.5 Å². The fourth-order valence-corrected chi connectivity index (χ4v) is 3.12. The lowest BCUT2D eigenvalue weighted by molar-refractivity contribution is 0.250. The number of fused-ring (bicyclic) bond motifs is 2. The van der Waals surface area contributed by atoms with E-state index in [1.54, 1.807) is 0 Å². The number of hydrogen-bond donors (Lipinski definition) is 1. The number of nitrogens with zero attached hydrogens (tertiary/aromatic N) is 1. The zero-order valence-corrected chi connectivity index (χ0v) is 11.9. The Balaban J connectivity index is 0.00000147. The number of benzene rings is 1. The third-order valence-corrected chi connectivity index (χ3v) is 4.06. The molecule has 2 atom stereocenters. The van der Waals surface area contributed by atoms with E-state index in [2.05, 4.69) is 10.2 Å². The summed E-state index contributed by atoms with van der Waals surface area (Å²) < 4.78 is 39.3. The second-order valence-electron chi connectivity index (χ2n) is 5.54. The normalized spacial score (nSPS) is 26.1. The molecule has 0 aliphatic carbocycles. The van der Waals surface area contributed by atoms with E-state index < -0.39 is 17.5 Å². The zero-order chi connectivity index (χ0) is 13.4. The first kappa shape index (κ1) is 15.6. The van der Waals surface area contributed by atoms with E-state index in [0.29, 0.717) is 24.2 Å². The lowest BCUT2D eigenvalue weighted by atomic mass is 10.1. The summed E-state index contributed by atoms with van der Waals surface area (Å²) in [6, 6.07) is 3.24. The lowest BCUT2D eigenvalue weighted by Crippen LogP contribution is -2.35. The molecule has 2 nitrogen and oxygen atoms in total. The first-order valence-electron chi connectivity index (χ1n) is 6.73. The number of hydrogen-bond acceptors (Lipinski definition) is 2. The summed E-state index contributed by atoms with van der Waals surface area (Å²) in [7, 11) is 0. The molecular weight excluding hydrogens is 289 g/mol. The van der Waals surface area contributed by atoms with E-state index in [9.17, 15) is 13.2 Å². The van der Waals surface area contributed by atoms with Crippen LogP contribution < -0.4 is 5.32 Å². The highest BCUT2D eigenvalue weighted by molar-refractivity contribution is 5.85. The number of likely N-dealkylation sites (tertiary alicyclic amines) is 1. The van der Waals surface area contributed by atoms with Gasteiger partial charge in [-0.2, -0.15) is 0 Å². The second kappa shape index (κ2) is 6.33. The Morgan fingerprint density at radius 1 is 1.05 bits per heavy atom. The van der Waals surface area contributed by atoms with Crippen LogP contribution in [0.3, 0.4) is 0 Å². The van der Waals surface area contributed by atoms with Crippen LogP contribution in [0.15, 0.2) is 12.1 Å². The molecule has 0 amide bonds. The van der Waals surface area contributed by atoms with Crippen molar-refractivity contribution >= 4 is 12.4 Å². The van der Waals surface area contributed by atoms with Crippen molar-refractivity contribution in [2.24, 2.45) is 0 Å². The van der Waals surface area contributed by atoms with Crippen LogP contribution >= 0.6 is 12.4 Å². The van der Waals surface area contributed by atoms with Gasteiger partial charge in [0.05, 0.1) is 0 Å². The summed E-state index contributed by atoms with van der Waals surface area (Å²) >= 11 is 0. The van der Waals surface area contributed by atoms with Crippen molar-refractivity contribution in [3.63, 3.8) is 0 Å². The fraction of sp³-hybridized carbons (Fsp3) is 0.571. The highest BCUT2D eigenvalue weighted by Gasteiger charge is 2.29. The first-order chi connectivity index (χ1) is 9.11. The summed E-state index contributed by atoms with van der Waals surface area (Å²) in [6.45, 7) is 2.27. The summed E-state index contributed by atoms with van der Waals surface area (Å²) in [5.41, 5.74) is 0.495. The average Bonchev–Trinajstić information content (AvgIpc) is 2.70. The van der Waals surface area contributed by atoms with Crippen LogP contribution in [0.2, 0.25) is 0 Å². The molecule has 0 spiro atoms. The Kier molecular flexibility index (Phi) is 4.94. The minimum absolute atomic E-state index is 0. The van der Waals surface area contributed by atoms with Gasteiger partial charge in [-0.25, -0.2) is 13.2 Å². The molecule has 0 radical (unpaired) electrons. The van der Waals surface area contributed by atoms with Crippen LogP contribution in [0.5, 0.6) is 0 Å². The molecule has 0 saturated carbocycles. The van der Waals surface area contributed by atoms with E-state index in [0.717, 1.165) is 38.1 Å². The second-order valence-corrected chi connectivity index (χ2v) is 5.54. The van der Waals surface area contributed by atoms with E-state index in [1.807, 2.05) is 0 Å². The number of rotatable bonds is 2. The third kappa shape index (κ3) is 3.27. The SMILES string of the molecule is Cl.Fc1cc(CN2CCC3CCC(C2)N3)cc(F)c1F. The maximum absolute atomic E-state index is 13.2. The monoisotopic (exact) mass is 306 g/mol. The molecule has 2 bridgehead atoms. The molecule has 2 aliphatic rings. The molecule has 3 rings (SSSR count). The lowest BCUT2D eigenvalue weighted by Gasteiger charge is -2.24. The minimum Gasteiger partial charge on any atom is -0.310 e. The highest BCUT2D eigenvalue weighted by Crippen LogP contribution is 2.22. The highest BCUT2D eigenvalue weighted by atomic mass is 35.5. The van der Waals surface area contributed by atoms with Crippen molar-refractivity contribution < 1.29 is 13.2 Å². The van der Waals surface area contributed by atoms with E-state index >= 15 is 0 Å². The molecule has 2 aliphatic heterocycles. The van der Waals surface area contributed by atoms with Gasteiger partial charge in [-0.05, 0) is 37.0 Å². The summed E-state index contributed by atoms with van der Waals surface area (Å²) in [4.78, 5) is 2.18. The van der Waals surface area contributed by atoms with Crippen LogP contribution in [0, 0.1) is 17.5 Å². The van der Waals surface area contributed by atoms with Gasteiger partial charge in [-0.3, -0.25) is 4.90 Å². The molecule has 6 heteroatoms. The fourth-order valence-electron chi connectivity index (χ4n) is 3.12. The van der Waals surface area contributed by atoms with Crippen LogP contribution in [0.1, 0.15) is 24.8 Å². The van der Waals surface area contributed by atoms with Crippen LogP contribution in [0.25, 0.3) is 0 Å². The van der Waals surface area contributed by atoms with Crippen LogP contribution in [0.4, 0.5) is 13.2 Å². The molecule has 20 heavy (non-hydrogen) atoms. The Morgan fingerprint density at radius 3 is 2.40 bits per heavy atom. The standard InChI is InChI=1S/C14H17F3N2.ClH/c15-12-5-9(6-13(16)14(12)17)7-19-4-3-10-1-2-11(8-19)18-10;/h5-6,10-11,18H,1-4,7-8H2;1H. The Morgan fingerprint density at radius 2 is 1.70 bits per heavy atom. The van der Waals surface area contributed by atoms with Gasteiger partial charge >= 0.3 is 0 Å². The van der Waals surface area contributed by atoms with Crippen molar-refractivity contribution in [1.29, 1.82) is 0 Å². The summed E-state index contributed by atoms with van der Waals surface area (Å²) in [5.74, 6) is -3.60. The van der Waals surface area contributed by atoms with E-state index in [4.69, 9.17) is 0 Å². The van der Waals surface area contributed by atoms with Gasteiger partial charge in [0.2, 0.25) is 0 Å². The topological polar surface area (TPSA) is 15.3 Å². The largest absolute Gasteiger partial charge is 0.310 e. The summed E-state index contributed by atoms with van der Waals surface area (Å²) in [6.07, 6.45) is 3.44. The van der Waals surface area contributed by atoms with E-state index in [1.165, 1.54) is 6.42 Å². The van der Waals surface area contributed by atoms with Gasteiger partial charge in [0.1, 0.15) is 0 Å². The van der Waals surface area contributed by atoms with Gasteiger partial charge < -0.3 is 5.32 Å². The van der Waals surface area contributed by atoms with Crippen molar-refractivity contribution in [3.8, 4) is 0 Å². The molecule has 2 fully saturated rings. The molecule has 2 heterocycles. The average molecular weight is 307 g/mol.